The van der Waals surface area contributed by atoms with E-state index >= 15 is 0 Å². The second kappa shape index (κ2) is 7.07. The Bertz CT molecular complexity index is 1230. The second-order valence-electron chi connectivity index (χ2n) is 7.61. The third-order valence-electron chi connectivity index (χ3n) is 5.53. The van der Waals surface area contributed by atoms with E-state index in [4.69, 9.17) is 4.74 Å². The summed E-state index contributed by atoms with van der Waals surface area (Å²) in [5.74, 6) is -0.502. The molecule has 0 bridgehead atoms. The van der Waals surface area contributed by atoms with Crippen molar-refractivity contribution in [3.63, 3.8) is 0 Å². The fourth-order valence-electron chi connectivity index (χ4n) is 4.15. The number of hydrogen-bond donors (Lipinski definition) is 0. The summed E-state index contributed by atoms with van der Waals surface area (Å²) in [5.41, 5.74) is 2.67. The Morgan fingerprint density at radius 2 is 1.83 bits per heavy atom. The van der Waals surface area contributed by atoms with Gasteiger partial charge in [0.15, 0.2) is 15.5 Å². The van der Waals surface area contributed by atoms with Crippen molar-refractivity contribution in [3.8, 4) is 16.9 Å². The molecule has 1 fully saturated rings. The van der Waals surface area contributed by atoms with Gasteiger partial charge in [0, 0.05) is 24.2 Å². The van der Waals surface area contributed by atoms with Crippen LogP contribution in [0.1, 0.15) is 23.0 Å². The highest BCUT2D eigenvalue weighted by atomic mass is 32.2. The summed E-state index contributed by atoms with van der Waals surface area (Å²) >= 11 is 0. The third-order valence-corrected chi connectivity index (χ3v) is 7.22. The molecule has 1 saturated heterocycles. The van der Waals surface area contributed by atoms with E-state index in [1.54, 1.807) is 33.8 Å². The number of para-hydroxylation sites is 1. The molecular formula is C22H21N3O4S. The van der Waals surface area contributed by atoms with Gasteiger partial charge >= 0.3 is 0 Å². The number of carbonyl (C=O) groups is 1. The lowest BCUT2D eigenvalue weighted by molar-refractivity contribution is -0.0126. The molecule has 8 heteroatoms. The highest BCUT2D eigenvalue weighted by Crippen LogP contribution is 2.40. The lowest BCUT2D eigenvalue weighted by Gasteiger charge is -2.31. The summed E-state index contributed by atoms with van der Waals surface area (Å²) in [6, 6.07) is 16.4. The van der Waals surface area contributed by atoms with Crippen LogP contribution in [0.4, 0.5) is 0 Å². The number of rotatable bonds is 2. The van der Waals surface area contributed by atoms with Gasteiger partial charge in [-0.1, -0.05) is 36.4 Å². The number of ether oxygens (including phenoxy) is 1. The van der Waals surface area contributed by atoms with Crippen molar-refractivity contribution in [2.24, 2.45) is 0 Å². The summed E-state index contributed by atoms with van der Waals surface area (Å²) in [6.45, 7) is 3.28. The first kappa shape index (κ1) is 19.0. The topological polar surface area (TPSA) is 81.5 Å². The van der Waals surface area contributed by atoms with Crippen molar-refractivity contribution in [1.82, 2.24) is 14.7 Å². The number of aromatic nitrogens is 2. The first-order chi connectivity index (χ1) is 14.5. The van der Waals surface area contributed by atoms with E-state index in [9.17, 15) is 13.2 Å². The van der Waals surface area contributed by atoms with Crippen LogP contribution < -0.4 is 0 Å². The number of hydrogen-bond acceptors (Lipinski definition) is 5. The molecule has 3 heterocycles. The molecule has 0 spiro atoms. The van der Waals surface area contributed by atoms with E-state index in [1.165, 1.54) is 0 Å². The van der Waals surface area contributed by atoms with Gasteiger partial charge in [0.25, 0.3) is 5.91 Å². The fourth-order valence-corrected chi connectivity index (χ4v) is 5.74. The first-order valence-corrected chi connectivity index (χ1v) is 11.5. The summed E-state index contributed by atoms with van der Waals surface area (Å²) < 4.78 is 33.2. The molecule has 1 amide bonds. The monoisotopic (exact) mass is 423 g/mol. The Morgan fingerprint density at radius 1 is 1.10 bits per heavy atom. The van der Waals surface area contributed by atoms with Crippen LogP contribution in [0.2, 0.25) is 0 Å². The van der Waals surface area contributed by atoms with Crippen molar-refractivity contribution >= 4 is 15.7 Å². The molecule has 30 heavy (non-hydrogen) atoms. The maximum Gasteiger partial charge on any atom is 0.274 e. The number of fused-ring (bicyclic) bond motifs is 3. The minimum atomic E-state index is -3.57. The maximum absolute atomic E-state index is 13.4. The second-order valence-corrected chi connectivity index (χ2v) is 9.57. The van der Waals surface area contributed by atoms with Gasteiger partial charge in [-0.15, -0.1) is 0 Å². The van der Waals surface area contributed by atoms with Gasteiger partial charge in [0.2, 0.25) is 0 Å². The zero-order chi connectivity index (χ0) is 20.9. The van der Waals surface area contributed by atoms with Gasteiger partial charge in [0.05, 0.1) is 34.7 Å². The van der Waals surface area contributed by atoms with Crippen LogP contribution in [0.3, 0.4) is 0 Å². The molecule has 0 radical (unpaired) electrons. The first-order valence-electron chi connectivity index (χ1n) is 9.86. The van der Waals surface area contributed by atoms with Crippen LogP contribution in [-0.4, -0.2) is 54.8 Å². The molecule has 0 saturated carbocycles. The predicted molar refractivity (Wildman–Crippen MR) is 111 cm³/mol. The number of morpholine rings is 1. The molecule has 2 aliphatic rings. The lowest BCUT2D eigenvalue weighted by Crippen LogP contribution is -2.45. The Kier molecular flexibility index (Phi) is 4.48. The van der Waals surface area contributed by atoms with Crippen LogP contribution in [0, 0.1) is 0 Å². The Hall–Kier alpha value is -2.97. The van der Waals surface area contributed by atoms with Gasteiger partial charge in [-0.2, -0.15) is 5.10 Å². The molecule has 1 atom stereocenters. The molecule has 1 unspecified atom stereocenters. The zero-order valence-corrected chi connectivity index (χ0v) is 17.3. The molecule has 154 valence electrons. The lowest BCUT2D eigenvalue weighted by atomic mass is 10.0. The highest BCUT2D eigenvalue weighted by molar-refractivity contribution is 7.90. The molecular weight excluding hydrogens is 402 g/mol. The molecule has 2 aromatic carbocycles. The molecule has 5 rings (SSSR count). The molecule has 3 aromatic rings. The molecule has 1 aromatic heterocycles. The van der Waals surface area contributed by atoms with E-state index < -0.39 is 9.84 Å². The standard InChI is InChI=1S/C22H21N3O4S/c1-15-13-24(11-12-29-15)22(26)20-18-14-30(27,28)19-10-6-5-9-17(19)21(18)25(23-20)16-7-3-2-4-8-16/h2-10,15H,11-14H2,1H3. The Morgan fingerprint density at radius 3 is 2.60 bits per heavy atom. The van der Waals surface area contributed by atoms with Gasteiger partial charge in [-0.25, -0.2) is 13.1 Å². The summed E-state index contributed by atoms with van der Waals surface area (Å²) in [7, 11) is -3.57. The normalized spacial score (nSPS) is 19.8. The van der Waals surface area contributed by atoms with Crippen molar-refractivity contribution in [2.45, 2.75) is 23.7 Å². The highest BCUT2D eigenvalue weighted by Gasteiger charge is 2.37. The number of amides is 1. The Balaban J connectivity index is 1.73. The van der Waals surface area contributed by atoms with Gasteiger partial charge < -0.3 is 9.64 Å². The van der Waals surface area contributed by atoms with Crippen LogP contribution in [0.15, 0.2) is 59.5 Å². The molecule has 2 aliphatic heterocycles. The summed E-state index contributed by atoms with van der Waals surface area (Å²) in [5, 5.41) is 4.65. The average Bonchev–Trinajstić information content (AvgIpc) is 3.12. The number of nitrogens with zero attached hydrogens (tertiary/aromatic N) is 3. The van der Waals surface area contributed by atoms with Gasteiger partial charge in [0.1, 0.15) is 0 Å². The minimum absolute atomic E-state index is 0.0702. The van der Waals surface area contributed by atoms with E-state index in [1.807, 2.05) is 37.3 Å². The smallest absolute Gasteiger partial charge is 0.274 e. The summed E-state index contributed by atoms with van der Waals surface area (Å²) in [4.78, 5) is 15.4. The molecule has 0 aliphatic carbocycles. The zero-order valence-electron chi connectivity index (χ0n) is 16.5. The van der Waals surface area contributed by atoms with Crippen molar-refractivity contribution in [2.75, 3.05) is 19.7 Å². The molecule has 7 nitrogen and oxygen atoms in total. The van der Waals surface area contributed by atoms with Crippen molar-refractivity contribution in [3.05, 3.63) is 65.9 Å². The van der Waals surface area contributed by atoms with E-state index in [0.29, 0.717) is 36.5 Å². The summed E-state index contributed by atoms with van der Waals surface area (Å²) in [6.07, 6.45) is -0.0702. The molecule has 0 N–H and O–H groups in total. The number of carbonyl (C=O) groups excluding carboxylic acids is 1. The van der Waals surface area contributed by atoms with Gasteiger partial charge in [-0.3, -0.25) is 4.79 Å². The van der Waals surface area contributed by atoms with Crippen molar-refractivity contribution < 1.29 is 17.9 Å². The van der Waals surface area contributed by atoms with Crippen LogP contribution in [0.5, 0.6) is 0 Å². The van der Waals surface area contributed by atoms with Crippen LogP contribution >= 0.6 is 0 Å². The quantitative estimate of drug-likeness (QED) is 0.633. The minimum Gasteiger partial charge on any atom is -0.375 e. The van der Waals surface area contributed by atoms with Crippen LogP contribution in [-0.2, 0) is 20.3 Å². The third kappa shape index (κ3) is 3.03. The van der Waals surface area contributed by atoms with E-state index in [0.717, 1.165) is 5.69 Å². The average molecular weight is 423 g/mol. The van der Waals surface area contributed by atoms with Crippen molar-refractivity contribution in [1.29, 1.82) is 0 Å². The maximum atomic E-state index is 13.4. The fraction of sp³-hybridized carbons (Fsp3) is 0.273. The van der Waals surface area contributed by atoms with E-state index in [2.05, 4.69) is 5.10 Å². The van der Waals surface area contributed by atoms with E-state index in [-0.39, 0.29) is 28.4 Å². The SMILES string of the molecule is CC1CN(C(=O)c2nn(-c3ccccc3)c3c2CS(=O)(=O)c2ccccc2-3)CCO1. The van der Waals surface area contributed by atoms with Crippen LogP contribution in [0.25, 0.3) is 16.9 Å². The predicted octanol–water partition coefficient (Wildman–Crippen LogP) is 2.69. The number of benzene rings is 2. The number of sulfone groups is 1. The Labute approximate surface area is 174 Å². The van der Waals surface area contributed by atoms with Gasteiger partial charge in [-0.05, 0) is 25.1 Å². The largest absolute Gasteiger partial charge is 0.375 e.